The third-order valence-corrected chi connectivity index (χ3v) is 4.45. The number of aliphatic imine (C=N–C) groups is 1. The van der Waals surface area contributed by atoms with Crippen molar-refractivity contribution in [1.29, 1.82) is 0 Å². The molecule has 4 heteroatoms. The molecule has 2 aromatic rings. The van der Waals surface area contributed by atoms with Gasteiger partial charge in [-0.3, -0.25) is 4.99 Å². The molecular formula is C17H17BrINO. The summed E-state index contributed by atoms with van der Waals surface area (Å²) in [7, 11) is 0. The van der Waals surface area contributed by atoms with Crippen molar-refractivity contribution in [3.8, 4) is 5.75 Å². The van der Waals surface area contributed by atoms with Crippen molar-refractivity contribution < 1.29 is 5.11 Å². The average Bonchev–Trinajstić information content (AvgIpc) is 2.48. The van der Waals surface area contributed by atoms with Crippen LogP contribution in [0.1, 0.15) is 30.9 Å². The van der Waals surface area contributed by atoms with Crippen LogP contribution in [-0.2, 0) is 6.42 Å². The summed E-state index contributed by atoms with van der Waals surface area (Å²) in [5, 5.41) is 10.0. The van der Waals surface area contributed by atoms with Crippen molar-refractivity contribution in [2.75, 3.05) is 0 Å². The van der Waals surface area contributed by atoms with Gasteiger partial charge in [-0.1, -0.05) is 41.4 Å². The molecule has 0 aliphatic carbocycles. The number of benzene rings is 2. The first-order valence-corrected chi connectivity index (χ1v) is 8.78. The first-order valence-electron chi connectivity index (χ1n) is 6.91. The number of halogens is 2. The topological polar surface area (TPSA) is 32.6 Å². The lowest BCUT2D eigenvalue weighted by atomic mass is 10.1. The van der Waals surface area contributed by atoms with Gasteiger partial charge in [0.15, 0.2) is 0 Å². The highest BCUT2D eigenvalue weighted by molar-refractivity contribution is 14.1. The molecule has 0 bridgehead atoms. The number of phenolic OH excluding ortho intramolecular Hbond substituents is 1. The monoisotopic (exact) mass is 457 g/mol. The normalized spacial score (nSPS) is 11.2. The Bertz CT molecular complexity index is 638. The molecule has 1 N–H and O–H groups in total. The van der Waals surface area contributed by atoms with Crippen LogP contribution in [0, 0.1) is 3.57 Å². The molecule has 0 spiro atoms. The number of unbranched alkanes of at least 4 members (excludes halogenated alkanes) is 1. The predicted molar refractivity (Wildman–Crippen MR) is 101 cm³/mol. The predicted octanol–water partition coefficient (Wildman–Crippen LogP) is 5.85. The fraction of sp³-hybridized carbons (Fsp3) is 0.235. The number of hydrogen-bond acceptors (Lipinski definition) is 2. The fourth-order valence-electron chi connectivity index (χ4n) is 1.96. The zero-order chi connectivity index (χ0) is 15.2. The zero-order valence-electron chi connectivity index (χ0n) is 11.8. The Morgan fingerprint density at radius 1 is 1.24 bits per heavy atom. The van der Waals surface area contributed by atoms with Gasteiger partial charge in [-0.05, 0) is 65.3 Å². The zero-order valence-corrected chi connectivity index (χ0v) is 15.6. The SMILES string of the molecule is CCCCc1ccc(N=Cc2cc(Br)cc(I)c2O)cc1. The van der Waals surface area contributed by atoms with Gasteiger partial charge in [0.05, 0.1) is 9.26 Å². The molecule has 0 unspecified atom stereocenters. The van der Waals surface area contributed by atoms with Gasteiger partial charge in [0, 0.05) is 16.3 Å². The van der Waals surface area contributed by atoms with Crippen LogP contribution in [0.3, 0.4) is 0 Å². The summed E-state index contributed by atoms with van der Waals surface area (Å²) in [6.45, 7) is 2.20. The molecule has 0 heterocycles. The summed E-state index contributed by atoms with van der Waals surface area (Å²) >= 11 is 5.53. The van der Waals surface area contributed by atoms with Crippen LogP contribution in [0.15, 0.2) is 45.9 Å². The third-order valence-electron chi connectivity index (χ3n) is 3.17. The molecular weight excluding hydrogens is 441 g/mol. The van der Waals surface area contributed by atoms with E-state index in [1.54, 1.807) is 6.21 Å². The highest BCUT2D eigenvalue weighted by Crippen LogP contribution is 2.28. The van der Waals surface area contributed by atoms with Crippen LogP contribution in [0.2, 0.25) is 0 Å². The third kappa shape index (κ3) is 4.81. The molecule has 0 fully saturated rings. The van der Waals surface area contributed by atoms with Gasteiger partial charge in [0.2, 0.25) is 0 Å². The molecule has 0 aliphatic rings. The van der Waals surface area contributed by atoms with Gasteiger partial charge < -0.3 is 5.11 Å². The van der Waals surface area contributed by atoms with Crippen molar-refractivity contribution in [3.05, 3.63) is 55.6 Å². The van der Waals surface area contributed by atoms with Crippen molar-refractivity contribution >= 4 is 50.4 Å². The van der Waals surface area contributed by atoms with Gasteiger partial charge in [-0.25, -0.2) is 0 Å². The second kappa shape index (κ2) is 7.94. The highest BCUT2D eigenvalue weighted by Gasteiger charge is 2.05. The molecule has 0 aliphatic heterocycles. The van der Waals surface area contributed by atoms with E-state index in [0.717, 1.165) is 20.2 Å². The van der Waals surface area contributed by atoms with Crippen molar-refractivity contribution in [2.45, 2.75) is 26.2 Å². The lowest BCUT2D eigenvalue weighted by Gasteiger charge is -2.03. The van der Waals surface area contributed by atoms with Crippen LogP contribution < -0.4 is 0 Å². The van der Waals surface area contributed by atoms with E-state index in [2.05, 4.69) is 62.6 Å². The summed E-state index contributed by atoms with van der Waals surface area (Å²) in [4.78, 5) is 4.43. The molecule has 0 amide bonds. The molecule has 0 saturated heterocycles. The summed E-state index contributed by atoms with van der Waals surface area (Å²) < 4.78 is 1.74. The minimum Gasteiger partial charge on any atom is -0.506 e. The largest absolute Gasteiger partial charge is 0.506 e. The standard InChI is InChI=1S/C17H17BrINO/c1-2-3-4-12-5-7-15(8-6-12)20-11-13-9-14(18)10-16(19)17(13)21/h5-11,21H,2-4H2,1H3. The quantitative estimate of drug-likeness (QED) is 0.443. The molecule has 0 radical (unpaired) electrons. The summed E-state index contributed by atoms with van der Waals surface area (Å²) in [6, 6.07) is 12.0. The Morgan fingerprint density at radius 2 is 1.95 bits per heavy atom. The Morgan fingerprint density at radius 3 is 2.62 bits per heavy atom. The van der Waals surface area contributed by atoms with Crippen LogP contribution in [-0.4, -0.2) is 11.3 Å². The first-order chi connectivity index (χ1) is 10.1. The van der Waals surface area contributed by atoms with Crippen LogP contribution in [0.25, 0.3) is 0 Å². The summed E-state index contributed by atoms with van der Waals surface area (Å²) in [5.41, 5.74) is 2.95. The molecule has 0 saturated carbocycles. The number of aryl methyl sites for hydroxylation is 1. The second-order valence-electron chi connectivity index (χ2n) is 4.85. The van der Waals surface area contributed by atoms with E-state index < -0.39 is 0 Å². The lowest BCUT2D eigenvalue weighted by Crippen LogP contribution is -1.86. The van der Waals surface area contributed by atoms with Crippen LogP contribution in [0.5, 0.6) is 5.75 Å². The Labute approximate surface area is 147 Å². The molecule has 21 heavy (non-hydrogen) atoms. The smallest absolute Gasteiger partial charge is 0.137 e. The fourth-order valence-corrected chi connectivity index (χ4v) is 3.51. The van der Waals surface area contributed by atoms with Crippen LogP contribution in [0.4, 0.5) is 5.69 Å². The maximum Gasteiger partial charge on any atom is 0.137 e. The second-order valence-corrected chi connectivity index (χ2v) is 6.93. The van der Waals surface area contributed by atoms with Crippen LogP contribution >= 0.6 is 38.5 Å². The van der Waals surface area contributed by atoms with E-state index in [-0.39, 0.29) is 5.75 Å². The number of hydrogen-bond donors (Lipinski definition) is 1. The molecule has 2 aromatic carbocycles. The Kier molecular flexibility index (Phi) is 6.23. The highest BCUT2D eigenvalue weighted by atomic mass is 127. The number of phenols is 1. The van der Waals surface area contributed by atoms with Gasteiger partial charge in [0.1, 0.15) is 5.75 Å². The maximum atomic E-state index is 10.0. The lowest BCUT2D eigenvalue weighted by molar-refractivity contribution is 0.470. The van der Waals surface area contributed by atoms with E-state index in [0.29, 0.717) is 5.56 Å². The Balaban J connectivity index is 2.14. The van der Waals surface area contributed by atoms with Gasteiger partial charge >= 0.3 is 0 Å². The molecule has 2 nitrogen and oxygen atoms in total. The molecule has 110 valence electrons. The van der Waals surface area contributed by atoms with Gasteiger partial charge in [-0.15, -0.1) is 0 Å². The van der Waals surface area contributed by atoms with E-state index >= 15 is 0 Å². The summed E-state index contributed by atoms with van der Waals surface area (Å²) in [5.74, 6) is 0.266. The van der Waals surface area contributed by atoms with Gasteiger partial charge in [-0.2, -0.15) is 0 Å². The van der Waals surface area contributed by atoms with E-state index in [1.165, 1.54) is 18.4 Å². The summed E-state index contributed by atoms with van der Waals surface area (Å²) in [6.07, 6.45) is 5.24. The van der Waals surface area contributed by atoms with Crippen molar-refractivity contribution in [1.82, 2.24) is 0 Å². The van der Waals surface area contributed by atoms with E-state index in [4.69, 9.17) is 0 Å². The number of aromatic hydroxyl groups is 1. The first kappa shape index (κ1) is 16.5. The number of nitrogens with zero attached hydrogens (tertiary/aromatic N) is 1. The minimum atomic E-state index is 0.266. The van der Waals surface area contributed by atoms with E-state index in [1.807, 2.05) is 24.3 Å². The number of rotatable bonds is 5. The molecule has 0 aromatic heterocycles. The molecule has 0 atom stereocenters. The van der Waals surface area contributed by atoms with E-state index in [9.17, 15) is 5.11 Å². The average molecular weight is 458 g/mol. The minimum absolute atomic E-state index is 0.266. The molecule has 2 rings (SSSR count). The maximum absolute atomic E-state index is 10.0. The van der Waals surface area contributed by atoms with Gasteiger partial charge in [0.25, 0.3) is 0 Å². The van der Waals surface area contributed by atoms with Crippen molar-refractivity contribution in [2.24, 2.45) is 4.99 Å². The Hall–Kier alpha value is -0.880. The van der Waals surface area contributed by atoms with Crippen molar-refractivity contribution in [3.63, 3.8) is 0 Å².